The van der Waals surface area contributed by atoms with E-state index in [1.54, 1.807) is 19.1 Å². The Kier molecular flexibility index (Phi) is 19.2. The lowest BCUT2D eigenvalue weighted by atomic mass is 9.89. The predicted octanol–water partition coefficient (Wildman–Crippen LogP) is 10.5. The van der Waals surface area contributed by atoms with Gasteiger partial charge in [-0.1, -0.05) is 126 Å². The van der Waals surface area contributed by atoms with Gasteiger partial charge in [0.1, 0.15) is 12.4 Å². The van der Waals surface area contributed by atoms with Gasteiger partial charge in [-0.25, -0.2) is 4.39 Å². The molecule has 4 rings (SSSR count). The molecule has 6 unspecified atom stereocenters. The van der Waals surface area contributed by atoms with E-state index in [1.165, 1.54) is 28.4 Å². The third-order valence-electron chi connectivity index (χ3n) is 9.19. The average Bonchev–Trinajstić information content (AvgIpc) is 3.17. The number of ether oxygens (including phenoxy) is 3. The van der Waals surface area contributed by atoms with Crippen molar-refractivity contribution in [3.8, 4) is 0 Å². The van der Waals surface area contributed by atoms with Crippen LogP contribution in [-0.2, 0) is 35.2 Å². The minimum Gasteiger partial charge on any atom is -0.469 e. The maximum atomic E-state index is 12.7. The van der Waals surface area contributed by atoms with Gasteiger partial charge in [0.25, 0.3) is 0 Å². The number of hydrogen-bond donors (Lipinski definition) is 0. The smallest absolute Gasteiger partial charge is 0.309 e. The zero-order chi connectivity index (χ0) is 37.9. The molecule has 0 amide bonds. The fourth-order valence-corrected chi connectivity index (χ4v) is 5.44. The highest BCUT2D eigenvalue weighted by Crippen LogP contribution is 2.27. The summed E-state index contributed by atoms with van der Waals surface area (Å²) in [6, 6.07) is 34.3. The lowest BCUT2D eigenvalue weighted by Gasteiger charge is -2.19. The van der Waals surface area contributed by atoms with Crippen LogP contribution in [0, 0.1) is 27.1 Å². The summed E-state index contributed by atoms with van der Waals surface area (Å²) in [5.41, 5.74) is 4.30. The molecule has 6 atom stereocenters. The highest BCUT2D eigenvalue weighted by Gasteiger charge is 2.24. The molecule has 0 saturated carbocycles. The Labute approximate surface area is 317 Å². The van der Waals surface area contributed by atoms with E-state index in [2.05, 4.69) is 29.5 Å². The van der Waals surface area contributed by atoms with Crippen LogP contribution in [0.15, 0.2) is 109 Å². The van der Waals surface area contributed by atoms with Crippen LogP contribution < -0.4 is 0 Å². The minimum atomic E-state index is -0.264. The second-order valence-corrected chi connectivity index (χ2v) is 13.9. The molecule has 0 saturated heterocycles. The van der Waals surface area contributed by atoms with Gasteiger partial charge in [-0.3, -0.25) is 14.4 Å². The molecule has 0 bridgehead atoms. The standard InChI is InChI=1S/C18H19IO2.C13H17FO2.C12H16O2/c1-13(16-6-4-3-5-7-16)14(2)18(20)21-12-15-8-10-17(19)11-9-15;1-4-16-13(15)10(3)9(2)11-5-7-12(14)8-6-11;1-9(10(2)12(13)14-3)11-7-5-4-6-8-11/h3-11,13-14H,12H2,1-2H3;5-10H,4H2,1-3H3;4-10H,1-3H3. The van der Waals surface area contributed by atoms with Crippen molar-refractivity contribution in [1.82, 2.24) is 0 Å². The number of rotatable bonds is 12. The second-order valence-electron chi connectivity index (χ2n) is 12.6. The van der Waals surface area contributed by atoms with Crippen molar-refractivity contribution >= 4 is 40.5 Å². The Balaban J connectivity index is 0.000000272. The summed E-state index contributed by atoms with van der Waals surface area (Å²) in [5.74, 6) is -0.867. The highest BCUT2D eigenvalue weighted by molar-refractivity contribution is 14.1. The monoisotopic (exact) mass is 810 g/mol. The summed E-state index contributed by atoms with van der Waals surface area (Å²) in [4.78, 5) is 35.0. The van der Waals surface area contributed by atoms with Crippen LogP contribution in [0.3, 0.4) is 0 Å². The molecule has 0 radical (unpaired) electrons. The lowest BCUT2D eigenvalue weighted by molar-refractivity contribution is -0.150. The Morgan fingerprint density at radius 2 is 0.961 bits per heavy atom. The lowest BCUT2D eigenvalue weighted by Crippen LogP contribution is -2.20. The molecular formula is C43H52FIO6. The van der Waals surface area contributed by atoms with Gasteiger partial charge in [-0.05, 0) is 93.8 Å². The molecule has 0 N–H and O–H groups in total. The first-order chi connectivity index (χ1) is 24.3. The van der Waals surface area contributed by atoms with E-state index >= 15 is 0 Å². The molecule has 0 aliphatic heterocycles. The van der Waals surface area contributed by atoms with Crippen LogP contribution in [0.5, 0.6) is 0 Å². The van der Waals surface area contributed by atoms with Crippen molar-refractivity contribution in [2.45, 2.75) is 72.8 Å². The number of carbonyl (C=O) groups is 3. The molecule has 0 aliphatic carbocycles. The number of hydrogen-bond acceptors (Lipinski definition) is 6. The largest absolute Gasteiger partial charge is 0.469 e. The Hall–Kier alpha value is -4.05. The summed E-state index contributed by atoms with van der Waals surface area (Å²) in [5, 5.41) is 0. The predicted molar refractivity (Wildman–Crippen MR) is 210 cm³/mol. The number of esters is 3. The zero-order valence-corrected chi connectivity index (χ0v) is 33.1. The molecule has 0 spiro atoms. The van der Waals surface area contributed by atoms with Gasteiger partial charge < -0.3 is 14.2 Å². The fraction of sp³-hybridized carbons (Fsp3) is 0.372. The normalized spacial score (nSPS) is 14.0. The van der Waals surface area contributed by atoms with Crippen LogP contribution in [0.25, 0.3) is 0 Å². The third kappa shape index (κ3) is 14.6. The maximum Gasteiger partial charge on any atom is 0.309 e. The van der Waals surface area contributed by atoms with E-state index < -0.39 is 0 Å². The molecule has 51 heavy (non-hydrogen) atoms. The molecule has 4 aromatic rings. The summed E-state index contributed by atoms with van der Waals surface area (Å²) in [6.07, 6.45) is 0. The van der Waals surface area contributed by atoms with Gasteiger partial charge in [-0.2, -0.15) is 0 Å². The Morgan fingerprint density at radius 1 is 0.569 bits per heavy atom. The molecule has 6 nitrogen and oxygen atoms in total. The first kappa shape index (κ1) is 43.1. The van der Waals surface area contributed by atoms with Crippen molar-refractivity contribution in [1.29, 1.82) is 0 Å². The summed E-state index contributed by atoms with van der Waals surface area (Å²) < 4.78 is 29.0. The van der Waals surface area contributed by atoms with Gasteiger partial charge >= 0.3 is 17.9 Å². The van der Waals surface area contributed by atoms with Gasteiger partial charge in [0.2, 0.25) is 0 Å². The SMILES string of the molecule is CC(C(=O)OCc1ccc(I)cc1)C(C)c1ccccc1.CCOC(=O)C(C)C(C)c1ccc(F)cc1.COC(=O)C(C)C(C)c1ccccc1. The fourth-order valence-electron chi connectivity index (χ4n) is 5.08. The van der Waals surface area contributed by atoms with Crippen LogP contribution in [-0.4, -0.2) is 31.6 Å². The maximum absolute atomic E-state index is 12.7. The van der Waals surface area contributed by atoms with Crippen LogP contribution >= 0.6 is 22.6 Å². The number of carbonyl (C=O) groups excluding carboxylic acids is 3. The van der Waals surface area contributed by atoms with E-state index in [-0.39, 0.29) is 59.2 Å². The van der Waals surface area contributed by atoms with E-state index in [0.717, 1.165) is 16.7 Å². The van der Waals surface area contributed by atoms with Crippen molar-refractivity contribution in [3.63, 3.8) is 0 Å². The molecule has 274 valence electrons. The molecule has 4 aromatic carbocycles. The van der Waals surface area contributed by atoms with E-state index in [9.17, 15) is 18.8 Å². The van der Waals surface area contributed by atoms with E-state index in [1.807, 2.05) is 120 Å². The van der Waals surface area contributed by atoms with Crippen molar-refractivity contribution < 1.29 is 33.0 Å². The van der Waals surface area contributed by atoms with E-state index in [4.69, 9.17) is 14.2 Å². The Bertz CT molecular complexity index is 1600. The van der Waals surface area contributed by atoms with E-state index in [0.29, 0.717) is 13.2 Å². The molecule has 0 heterocycles. The van der Waals surface area contributed by atoms with Crippen LogP contribution in [0.2, 0.25) is 0 Å². The molecular weight excluding hydrogens is 758 g/mol. The quantitative estimate of drug-likeness (QED) is 0.0806. The van der Waals surface area contributed by atoms with Crippen LogP contribution in [0.4, 0.5) is 4.39 Å². The zero-order valence-electron chi connectivity index (χ0n) is 31.0. The molecule has 0 aromatic heterocycles. The summed E-state index contributed by atoms with van der Waals surface area (Å²) >= 11 is 2.26. The van der Waals surface area contributed by atoms with Crippen molar-refractivity contribution in [2.75, 3.05) is 13.7 Å². The summed E-state index contributed by atoms with van der Waals surface area (Å²) in [6.45, 7) is 14.2. The topological polar surface area (TPSA) is 78.9 Å². The van der Waals surface area contributed by atoms with Gasteiger partial charge in [-0.15, -0.1) is 0 Å². The number of halogens is 2. The highest BCUT2D eigenvalue weighted by atomic mass is 127. The van der Waals surface area contributed by atoms with Crippen molar-refractivity contribution in [3.05, 3.63) is 141 Å². The van der Waals surface area contributed by atoms with Gasteiger partial charge in [0.15, 0.2) is 0 Å². The first-order valence-corrected chi connectivity index (χ1v) is 18.4. The third-order valence-corrected chi connectivity index (χ3v) is 9.91. The number of benzene rings is 4. The van der Waals surface area contributed by atoms with Gasteiger partial charge in [0.05, 0.1) is 31.5 Å². The number of methoxy groups -OCH3 is 1. The molecule has 0 aliphatic rings. The average molecular weight is 811 g/mol. The second kappa shape index (κ2) is 22.7. The minimum absolute atomic E-state index is 0.0275. The molecule has 0 fully saturated rings. The first-order valence-electron chi connectivity index (χ1n) is 17.3. The summed E-state index contributed by atoms with van der Waals surface area (Å²) in [7, 11) is 1.43. The van der Waals surface area contributed by atoms with Gasteiger partial charge in [0, 0.05) is 3.57 Å². The molecule has 8 heteroatoms. The Morgan fingerprint density at radius 3 is 1.37 bits per heavy atom. The van der Waals surface area contributed by atoms with Crippen molar-refractivity contribution in [2.24, 2.45) is 17.8 Å². The van der Waals surface area contributed by atoms with Crippen LogP contribution in [0.1, 0.15) is 88.5 Å².